The van der Waals surface area contributed by atoms with E-state index in [4.69, 9.17) is 4.74 Å². The average Bonchev–Trinajstić information content (AvgIpc) is 2.67. The third kappa shape index (κ3) is 8.76. The Hall–Kier alpha value is -2.93. The van der Waals surface area contributed by atoms with Crippen molar-refractivity contribution in [1.29, 1.82) is 0 Å². The van der Waals surface area contributed by atoms with E-state index in [0.29, 0.717) is 12.0 Å². The number of benzene rings is 2. The number of carbonyl (C=O) groups excluding carboxylic acids is 1. The fraction of sp³-hybridized carbons (Fsp3) is 0.417. The summed E-state index contributed by atoms with van der Waals surface area (Å²) in [5, 5.41) is 23.2. The smallest absolute Gasteiger partial charge is 0.407 e. The summed E-state index contributed by atoms with van der Waals surface area (Å²) >= 11 is 0. The van der Waals surface area contributed by atoms with E-state index in [1.807, 2.05) is 30.3 Å². The zero-order chi connectivity index (χ0) is 23.0. The Morgan fingerprint density at radius 1 is 1.00 bits per heavy atom. The second-order valence-electron chi connectivity index (χ2n) is 8.61. The van der Waals surface area contributed by atoms with Crippen LogP contribution in [0.4, 0.5) is 9.18 Å². The third-order valence-electron chi connectivity index (χ3n) is 4.74. The molecule has 0 aliphatic rings. The zero-order valence-corrected chi connectivity index (χ0v) is 18.0. The number of ether oxygens (including phenoxy) is 1. The first-order valence-electron chi connectivity index (χ1n) is 10.2. The van der Waals surface area contributed by atoms with Gasteiger partial charge in [0.05, 0.1) is 18.1 Å². The Morgan fingerprint density at radius 3 is 2.13 bits per heavy atom. The van der Waals surface area contributed by atoms with Gasteiger partial charge in [-0.25, -0.2) is 9.18 Å². The second kappa shape index (κ2) is 10.9. The van der Waals surface area contributed by atoms with Crippen molar-refractivity contribution in [2.75, 3.05) is 0 Å². The number of hydrogen-bond acceptors (Lipinski definition) is 4. The summed E-state index contributed by atoms with van der Waals surface area (Å²) in [6.45, 7) is 5.20. The van der Waals surface area contributed by atoms with Crippen LogP contribution in [-0.2, 0) is 22.4 Å². The monoisotopic (exact) mass is 431 g/mol. The Balaban J connectivity index is 2.14. The minimum absolute atomic E-state index is 0.0833. The lowest BCUT2D eigenvalue weighted by Gasteiger charge is -2.28. The molecule has 7 heteroatoms. The van der Waals surface area contributed by atoms with Gasteiger partial charge in [0, 0.05) is 0 Å². The van der Waals surface area contributed by atoms with E-state index in [1.54, 1.807) is 20.8 Å². The highest BCUT2D eigenvalue weighted by atomic mass is 19.1. The molecule has 6 nitrogen and oxygen atoms in total. The number of rotatable bonds is 9. The highest BCUT2D eigenvalue weighted by Crippen LogP contribution is 2.19. The van der Waals surface area contributed by atoms with E-state index in [-0.39, 0.29) is 12.8 Å². The summed E-state index contributed by atoms with van der Waals surface area (Å²) in [4.78, 5) is 24.1. The van der Waals surface area contributed by atoms with Crippen LogP contribution < -0.4 is 5.32 Å². The highest BCUT2D eigenvalue weighted by molar-refractivity contribution is 5.70. The predicted molar refractivity (Wildman–Crippen MR) is 115 cm³/mol. The van der Waals surface area contributed by atoms with Gasteiger partial charge in [-0.1, -0.05) is 42.5 Å². The number of nitrogens with one attached hydrogen (secondary N) is 1. The highest BCUT2D eigenvalue weighted by Gasteiger charge is 2.29. The van der Waals surface area contributed by atoms with Gasteiger partial charge in [-0.3, -0.25) is 4.79 Å². The van der Waals surface area contributed by atoms with Gasteiger partial charge >= 0.3 is 12.1 Å². The van der Waals surface area contributed by atoms with Crippen molar-refractivity contribution < 1.29 is 28.9 Å². The van der Waals surface area contributed by atoms with Gasteiger partial charge in [-0.2, -0.15) is 0 Å². The molecule has 31 heavy (non-hydrogen) atoms. The van der Waals surface area contributed by atoms with Crippen LogP contribution in [0.25, 0.3) is 0 Å². The molecular weight excluding hydrogens is 401 g/mol. The number of carboxylic acid groups (broad SMARTS) is 1. The minimum Gasteiger partial charge on any atom is -0.481 e. The molecule has 0 fully saturated rings. The number of amides is 1. The molecule has 3 unspecified atom stereocenters. The van der Waals surface area contributed by atoms with E-state index in [9.17, 15) is 24.2 Å². The van der Waals surface area contributed by atoms with Crippen LogP contribution in [-0.4, -0.2) is 40.0 Å². The van der Waals surface area contributed by atoms with Gasteiger partial charge in [0.2, 0.25) is 0 Å². The first-order chi connectivity index (χ1) is 14.5. The van der Waals surface area contributed by atoms with Crippen LogP contribution in [0.2, 0.25) is 0 Å². The Bertz CT molecular complexity index is 849. The lowest BCUT2D eigenvalue weighted by molar-refractivity contribution is -0.143. The van der Waals surface area contributed by atoms with Gasteiger partial charge in [0.25, 0.3) is 0 Å². The normalized spacial score (nSPS) is 14.4. The molecule has 0 aromatic heterocycles. The van der Waals surface area contributed by atoms with Crippen molar-refractivity contribution in [1.82, 2.24) is 5.32 Å². The van der Waals surface area contributed by atoms with Gasteiger partial charge in [-0.15, -0.1) is 0 Å². The summed E-state index contributed by atoms with van der Waals surface area (Å²) in [5.74, 6) is -2.38. The molecule has 0 saturated carbocycles. The van der Waals surface area contributed by atoms with Crippen LogP contribution in [0.3, 0.4) is 0 Å². The number of aliphatic carboxylic acids is 1. The zero-order valence-electron chi connectivity index (χ0n) is 18.0. The summed E-state index contributed by atoms with van der Waals surface area (Å²) in [5.41, 5.74) is 0.826. The maximum Gasteiger partial charge on any atom is 0.407 e. The SMILES string of the molecule is CC(C)(C)OC(=O)NC(Cc1ccccc1)C(O)CC(Cc1ccc(F)cc1)C(=O)O. The molecule has 0 spiro atoms. The van der Waals surface area contributed by atoms with E-state index in [1.165, 1.54) is 24.3 Å². The maximum absolute atomic E-state index is 13.1. The number of carbonyl (C=O) groups is 2. The number of hydrogen-bond donors (Lipinski definition) is 3. The number of aliphatic hydroxyl groups is 1. The summed E-state index contributed by atoms with van der Waals surface area (Å²) in [6.07, 6.45) is -1.45. The summed E-state index contributed by atoms with van der Waals surface area (Å²) < 4.78 is 18.4. The van der Waals surface area contributed by atoms with Gasteiger partial charge in [-0.05, 0) is 63.3 Å². The van der Waals surface area contributed by atoms with Gasteiger partial charge in [0.1, 0.15) is 11.4 Å². The predicted octanol–water partition coefficient (Wildman–Crippen LogP) is 3.96. The molecular formula is C24H30FNO5. The molecule has 0 aliphatic carbocycles. The molecule has 2 rings (SSSR count). The fourth-order valence-electron chi connectivity index (χ4n) is 3.24. The van der Waals surface area contributed by atoms with Gasteiger partial charge < -0.3 is 20.3 Å². The van der Waals surface area contributed by atoms with Crippen LogP contribution in [0.15, 0.2) is 54.6 Å². The van der Waals surface area contributed by atoms with Crippen molar-refractivity contribution in [3.8, 4) is 0 Å². The molecule has 1 amide bonds. The summed E-state index contributed by atoms with van der Waals surface area (Å²) in [6, 6.07) is 14.1. The van der Waals surface area contributed by atoms with Crippen LogP contribution in [0.5, 0.6) is 0 Å². The standard InChI is InChI=1S/C24H30FNO5/c1-24(2,3)31-23(30)26-20(14-16-7-5-4-6-8-16)21(27)15-18(22(28)29)13-17-9-11-19(25)12-10-17/h4-12,18,20-21,27H,13-15H2,1-3H3,(H,26,30)(H,28,29). The molecule has 2 aromatic rings. The Kier molecular flexibility index (Phi) is 8.56. The number of aliphatic hydroxyl groups excluding tert-OH is 1. The molecule has 0 bridgehead atoms. The first-order valence-corrected chi connectivity index (χ1v) is 10.2. The average molecular weight is 432 g/mol. The van der Waals surface area contributed by atoms with Crippen molar-refractivity contribution in [2.24, 2.45) is 5.92 Å². The lowest BCUT2D eigenvalue weighted by atomic mass is 9.89. The van der Waals surface area contributed by atoms with Gasteiger partial charge in [0.15, 0.2) is 0 Å². The second-order valence-corrected chi connectivity index (χ2v) is 8.61. The molecule has 0 radical (unpaired) electrons. The maximum atomic E-state index is 13.1. The van der Waals surface area contributed by atoms with E-state index < -0.39 is 41.5 Å². The van der Waals surface area contributed by atoms with E-state index >= 15 is 0 Å². The van der Waals surface area contributed by atoms with Crippen LogP contribution >= 0.6 is 0 Å². The molecule has 0 heterocycles. The molecule has 3 N–H and O–H groups in total. The quantitative estimate of drug-likeness (QED) is 0.559. The topological polar surface area (TPSA) is 95.9 Å². The van der Waals surface area contributed by atoms with Crippen LogP contribution in [0, 0.1) is 11.7 Å². The fourth-order valence-corrected chi connectivity index (χ4v) is 3.24. The Labute approximate surface area is 182 Å². The summed E-state index contributed by atoms with van der Waals surface area (Å²) in [7, 11) is 0. The molecule has 2 aromatic carbocycles. The van der Waals surface area contributed by atoms with Crippen molar-refractivity contribution >= 4 is 12.1 Å². The number of carboxylic acids is 1. The largest absolute Gasteiger partial charge is 0.481 e. The number of halogens is 1. The van der Waals surface area contributed by atoms with Crippen molar-refractivity contribution in [2.45, 2.75) is 57.8 Å². The number of alkyl carbamates (subject to hydrolysis) is 1. The van der Waals surface area contributed by atoms with Crippen molar-refractivity contribution in [3.63, 3.8) is 0 Å². The third-order valence-corrected chi connectivity index (χ3v) is 4.74. The molecule has 0 aliphatic heterocycles. The molecule has 3 atom stereocenters. The molecule has 168 valence electrons. The van der Waals surface area contributed by atoms with Crippen molar-refractivity contribution in [3.05, 3.63) is 71.5 Å². The Morgan fingerprint density at radius 2 is 1.58 bits per heavy atom. The lowest BCUT2D eigenvalue weighted by Crippen LogP contribution is -2.47. The van der Waals surface area contributed by atoms with E-state index in [0.717, 1.165) is 5.56 Å². The first kappa shape index (κ1) is 24.3. The van der Waals surface area contributed by atoms with E-state index in [2.05, 4.69) is 5.32 Å². The minimum atomic E-state index is -1.13. The molecule has 0 saturated heterocycles. The van der Waals surface area contributed by atoms with Crippen LogP contribution in [0.1, 0.15) is 38.3 Å².